The first-order chi connectivity index (χ1) is 7.65. The summed E-state index contributed by atoms with van der Waals surface area (Å²) in [5, 5.41) is 11.7. The molecule has 4 nitrogen and oxygen atoms in total. The number of hydrogen-bond acceptors (Lipinski definition) is 3. The molecule has 4 N–H and O–H groups in total. The van der Waals surface area contributed by atoms with Gasteiger partial charge in [-0.05, 0) is 19.0 Å². The lowest BCUT2D eigenvalue weighted by Gasteiger charge is -2.10. The van der Waals surface area contributed by atoms with Gasteiger partial charge < -0.3 is 16.2 Å². The number of benzene rings is 1. The Morgan fingerprint density at radius 3 is 2.81 bits per heavy atom. The van der Waals surface area contributed by atoms with E-state index in [1.807, 2.05) is 0 Å². The van der Waals surface area contributed by atoms with Crippen LogP contribution >= 0.6 is 0 Å². The molecule has 0 aliphatic carbocycles. The molecule has 1 aromatic carbocycles. The Labute approximate surface area is 93.3 Å². The normalized spacial score (nSPS) is 12.2. The Bertz CT molecular complexity index is 358. The second-order valence-corrected chi connectivity index (χ2v) is 3.40. The summed E-state index contributed by atoms with van der Waals surface area (Å²) in [5.41, 5.74) is 5.58. The predicted molar refractivity (Wildman–Crippen MR) is 57.9 cm³/mol. The Kier molecular flexibility index (Phi) is 4.88. The Morgan fingerprint density at radius 2 is 2.19 bits per heavy atom. The molecular formula is C11H15FN2O2. The number of nitrogens with two attached hydrogens (primary N) is 1. The Morgan fingerprint density at radius 1 is 1.50 bits per heavy atom. The van der Waals surface area contributed by atoms with Crippen molar-refractivity contribution < 1.29 is 14.3 Å². The lowest BCUT2D eigenvalue weighted by molar-refractivity contribution is -0.129. The van der Waals surface area contributed by atoms with E-state index in [-0.39, 0.29) is 25.3 Å². The molecule has 1 rings (SSSR count). The molecule has 0 heterocycles. The number of carbonyl (C=O) groups excluding carboxylic acids is 1. The van der Waals surface area contributed by atoms with Crippen LogP contribution in [0.2, 0.25) is 0 Å². The van der Waals surface area contributed by atoms with Crippen molar-refractivity contribution in [1.29, 1.82) is 0 Å². The summed E-state index contributed by atoms with van der Waals surface area (Å²) < 4.78 is 13.2. The van der Waals surface area contributed by atoms with Crippen LogP contribution in [0.25, 0.3) is 0 Å². The van der Waals surface area contributed by atoms with Crippen LogP contribution in [0.1, 0.15) is 12.0 Å². The molecule has 0 fully saturated rings. The van der Waals surface area contributed by atoms with Crippen LogP contribution in [-0.4, -0.2) is 23.7 Å². The van der Waals surface area contributed by atoms with Gasteiger partial charge in [-0.2, -0.15) is 0 Å². The highest BCUT2D eigenvalue weighted by molar-refractivity contribution is 5.80. The molecule has 0 saturated carbocycles. The van der Waals surface area contributed by atoms with Gasteiger partial charge >= 0.3 is 0 Å². The van der Waals surface area contributed by atoms with Crippen LogP contribution in [0.5, 0.6) is 0 Å². The lowest BCUT2D eigenvalue weighted by Crippen LogP contribution is -2.35. The molecular weight excluding hydrogens is 211 g/mol. The summed E-state index contributed by atoms with van der Waals surface area (Å²) in [6, 6.07) is 6.15. The van der Waals surface area contributed by atoms with Gasteiger partial charge in [-0.25, -0.2) is 4.39 Å². The van der Waals surface area contributed by atoms with Gasteiger partial charge in [0.1, 0.15) is 11.9 Å². The van der Waals surface area contributed by atoms with Crippen molar-refractivity contribution in [2.24, 2.45) is 5.73 Å². The van der Waals surface area contributed by atoms with E-state index in [2.05, 4.69) is 5.32 Å². The molecule has 0 radical (unpaired) electrons. The van der Waals surface area contributed by atoms with Gasteiger partial charge in [-0.3, -0.25) is 4.79 Å². The minimum atomic E-state index is -1.13. The zero-order valence-corrected chi connectivity index (χ0v) is 8.82. The van der Waals surface area contributed by atoms with E-state index < -0.39 is 12.0 Å². The molecule has 16 heavy (non-hydrogen) atoms. The second-order valence-electron chi connectivity index (χ2n) is 3.40. The number of rotatable bonds is 5. The van der Waals surface area contributed by atoms with Gasteiger partial charge in [0, 0.05) is 12.1 Å². The highest BCUT2D eigenvalue weighted by atomic mass is 19.1. The molecule has 0 saturated heterocycles. The number of halogens is 1. The van der Waals surface area contributed by atoms with Crippen LogP contribution < -0.4 is 11.1 Å². The van der Waals surface area contributed by atoms with E-state index in [9.17, 15) is 14.3 Å². The molecule has 0 aliphatic rings. The number of aliphatic hydroxyl groups excluding tert-OH is 1. The van der Waals surface area contributed by atoms with Crippen LogP contribution in [0.15, 0.2) is 24.3 Å². The fourth-order valence-corrected chi connectivity index (χ4v) is 1.23. The first-order valence-corrected chi connectivity index (χ1v) is 5.04. The minimum absolute atomic E-state index is 0.0626. The van der Waals surface area contributed by atoms with Crippen molar-refractivity contribution in [3.8, 4) is 0 Å². The first-order valence-electron chi connectivity index (χ1n) is 5.04. The van der Waals surface area contributed by atoms with Crippen molar-refractivity contribution in [2.75, 3.05) is 6.54 Å². The quantitative estimate of drug-likeness (QED) is 0.669. The summed E-state index contributed by atoms with van der Waals surface area (Å²) in [5.74, 6) is -0.912. The van der Waals surface area contributed by atoms with Crippen molar-refractivity contribution in [3.63, 3.8) is 0 Å². The third-order valence-corrected chi connectivity index (χ3v) is 2.15. The molecule has 0 bridgehead atoms. The number of amides is 1. The summed E-state index contributed by atoms with van der Waals surface area (Å²) >= 11 is 0. The van der Waals surface area contributed by atoms with Crippen LogP contribution in [0, 0.1) is 5.82 Å². The van der Waals surface area contributed by atoms with Crippen LogP contribution in [0.3, 0.4) is 0 Å². The van der Waals surface area contributed by atoms with Crippen LogP contribution in [-0.2, 0) is 11.3 Å². The smallest absolute Gasteiger partial charge is 0.249 e. The zero-order chi connectivity index (χ0) is 12.0. The van der Waals surface area contributed by atoms with Crippen molar-refractivity contribution in [3.05, 3.63) is 35.6 Å². The lowest BCUT2D eigenvalue weighted by atomic mass is 10.2. The van der Waals surface area contributed by atoms with Gasteiger partial charge in [0.2, 0.25) is 5.91 Å². The van der Waals surface area contributed by atoms with Crippen molar-refractivity contribution in [2.45, 2.75) is 19.1 Å². The predicted octanol–water partition coefficient (Wildman–Crippen LogP) is 0.152. The van der Waals surface area contributed by atoms with Gasteiger partial charge in [0.05, 0.1) is 0 Å². The highest BCUT2D eigenvalue weighted by Crippen LogP contribution is 2.05. The number of aliphatic hydroxyl groups is 1. The molecule has 1 unspecified atom stereocenters. The fourth-order valence-electron chi connectivity index (χ4n) is 1.23. The van der Waals surface area contributed by atoms with E-state index in [1.54, 1.807) is 18.2 Å². The maximum atomic E-state index is 13.2. The monoisotopic (exact) mass is 226 g/mol. The number of nitrogens with one attached hydrogen (secondary N) is 1. The van der Waals surface area contributed by atoms with Gasteiger partial charge in [-0.15, -0.1) is 0 Å². The molecule has 0 aromatic heterocycles. The average molecular weight is 226 g/mol. The molecule has 5 heteroatoms. The van der Waals surface area contributed by atoms with Crippen molar-refractivity contribution in [1.82, 2.24) is 5.32 Å². The van der Waals surface area contributed by atoms with Gasteiger partial charge in [0.25, 0.3) is 0 Å². The third-order valence-electron chi connectivity index (χ3n) is 2.15. The van der Waals surface area contributed by atoms with Crippen LogP contribution in [0.4, 0.5) is 4.39 Å². The SMILES string of the molecule is NCCC(O)C(=O)NCc1ccccc1F. The summed E-state index contributed by atoms with van der Waals surface area (Å²) in [6.45, 7) is 0.293. The van der Waals surface area contributed by atoms with Gasteiger partial charge in [-0.1, -0.05) is 18.2 Å². The standard InChI is InChI=1S/C11H15FN2O2/c12-9-4-2-1-3-8(9)7-14-11(16)10(15)5-6-13/h1-4,10,15H,5-7,13H2,(H,14,16). The van der Waals surface area contributed by atoms with E-state index >= 15 is 0 Å². The first kappa shape index (κ1) is 12.6. The van der Waals surface area contributed by atoms with Gasteiger partial charge in [0.15, 0.2) is 0 Å². The van der Waals surface area contributed by atoms with Crippen molar-refractivity contribution >= 4 is 5.91 Å². The van der Waals surface area contributed by atoms with E-state index in [0.717, 1.165) is 0 Å². The number of hydrogen-bond donors (Lipinski definition) is 3. The molecule has 1 aromatic rings. The minimum Gasteiger partial charge on any atom is -0.383 e. The molecule has 0 spiro atoms. The third kappa shape index (κ3) is 3.60. The Balaban J connectivity index is 2.46. The summed E-state index contributed by atoms with van der Waals surface area (Å²) in [6.07, 6.45) is -0.930. The zero-order valence-electron chi connectivity index (χ0n) is 8.82. The highest BCUT2D eigenvalue weighted by Gasteiger charge is 2.13. The molecule has 1 amide bonds. The maximum Gasteiger partial charge on any atom is 0.249 e. The molecule has 0 aliphatic heterocycles. The topological polar surface area (TPSA) is 75.3 Å². The van der Waals surface area contributed by atoms with E-state index in [1.165, 1.54) is 6.07 Å². The average Bonchev–Trinajstić information content (AvgIpc) is 2.28. The fraction of sp³-hybridized carbons (Fsp3) is 0.364. The molecule has 88 valence electrons. The Hall–Kier alpha value is -1.46. The van der Waals surface area contributed by atoms with E-state index in [4.69, 9.17) is 5.73 Å². The summed E-state index contributed by atoms with van der Waals surface area (Å²) in [7, 11) is 0. The molecule has 1 atom stereocenters. The maximum absolute atomic E-state index is 13.2. The largest absolute Gasteiger partial charge is 0.383 e. The summed E-state index contributed by atoms with van der Waals surface area (Å²) in [4.78, 5) is 11.3. The van der Waals surface area contributed by atoms with E-state index in [0.29, 0.717) is 5.56 Å². The number of carbonyl (C=O) groups is 1. The second kappa shape index (κ2) is 6.19.